The zero-order valence-electron chi connectivity index (χ0n) is 9.75. The van der Waals surface area contributed by atoms with Gasteiger partial charge in [0.25, 0.3) is 0 Å². The van der Waals surface area contributed by atoms with E-state index in [4.69, 9.17) is 0 Å². The van der Waals surface area contributed by atoms with Gasteiger partial charge in [0, 0.05) is 12.4 Å². The van der Waals surface area contributed by atoms with Crippen LogP contribution >= 0.6 is 0 Å². The van der Waals surface area contributed by atoms with Crippen LogP contribution in [0.3, 0.4) is 0 Å². The van der Waals surface area contributed by atoms with Gasteiger partial charge in [0.15, 0.2) is 0 Å². The third-order valence-corrected chi connectivity index (χ3v) is 3.53. The predicted molar refractivity (Wildman–Crippen MR) is 61.2 cm³/mol. The predicted octanol–water partition coefficient (Wildman–Crippen LogP) is 3.70. The summed E-state index contributed by atoms with van der Waals surface area (Å²) in [5.74, 6) is 0.715. The average Bonchev–Trinajstić information content (AvgIpc) is 2.19. The fourth-order valence-corrected chi connectivity index (χ4v) is 1.71. The lowest BCUT2D eigenvalue weighted by Gasteiger charge is -2.32. The first-order valence-electron chi connectivity index (χ1n) is 5.47. The lowest BCUT2D eigenvalue weighted by molar-refractivity contribution is 0.207. The molecule has 0 saturated carbocycles. The molecule has 1 aromatic rings. The van der Waals surface area contributed by atoms with Gasteiger partial charge in [0.2, 0.25) is 0 Å². The number of nitrogens with zero attached hydrogens (tertiary/aromatic N) is 1. The summed E-state index contributed by atoms with van der Waals surface area (Å²) in [5, 5.41) is 0. The van der Waals surface area contributed by atoms with E-state index in [1.54, 1.807) is 0 Å². The Balaban J connectivity index is 2.76. The monoisotopic (exact) mass is 191 g/mol. The number of rotatable bonds is 4. The molecule has 1 heterocycles. The second-order valence-corrected chi connectivity index (χ2v) is 4.70. The van der Waals surface area contributed by atoms with Crippen molar-refractivity contribution in [3.63, 3.8) is 0 Å². The van der Waals surface area contributed by atoms with Crippen LogP contribution in [0.25, 0.3) is 0 Å². The molecule has 0 amide bonds. The van der Waals surface area contributed by atoms with Crippen LogP contribution in [0, 0.1) is 11.3 Å². The first-order chi connectivity index (χ1) is 6.58. The summed E-state index contributed by atoms with van der Waals surface area (Å²) in [5.41, 5.74) is 1.76. The third-order valence-electron chi connectivity index (χ3n) is 3.53. The summed E-state index contributed by atoms with van der Waals surface area (Å²) in [7, 11) is 0. The number of hydrogen-bond acceptors (Lipinski definition) is 1. The van der Waals surface area contributed by atoms with Crippen molar-refractivity contribution >= 4 is 0 Å². The Morgan fingerprint density at radius 1 is 1.43 bits per heavy atom. The minimum absolute atomic E-state index is 0.406. The summed E-state index contributed by atoms with van der Waals surface area (Å²) >= 11 is 0. The summed E-state index contributed by atoms with van der Waals surface area (Å²) in [6, 6.07) is 4.19. The molecule has 0 saturated heterocycles. The highest BCUT2D eigenvalue weighted by Crippen LogP contribution is 2.34. The van der Waals surface area contributed by atoms with Gasteiger partial charge < -0.3 is 0 Å². The maximum Gasteiger partial charge on any atom is 0.0300 e. The summed E-state index contributed by atoms with van der Waals surface area (Å²) in [6.45, 7) is 9.25. The minimum atomic E-state index is 0.406. The Hall–Kier alpha value is -0.850. The molecule has 0 N–H and O–H groups in total. The van der Waals surface area contributed by atoms with Crippen LogP contribution in [-0.2, 0) is 6.42 Å². The van der Waals surface area contributed by atoms with E-state index in [0.717, 1.165) is 6.42 Å². The third kappa shape index (κ3) is 2.57. The van der Waals surface area contributed by atoms with Gasteiger partial charge in [-0.2, -0.15) is 0 Å². The van der Waals surface area contributed by atoms with Gasteiger partial charge in [0.05, 0.1) is 0 Å². The van der Waals surface area contributed by atoms with E-state index in [1.165, 1.54) is 12.0 Å². The molecule has 1 atom stereocenters. The molecule has 0 aliphatic rings. The Labute approximate surface area is 87.6 Å². The topological polar surface area (TPSA) is 12.9 Å². The van der Waals surface area contributed by atoms with E-state index in [9.17, 15) is 0 Å². The fraction of sp³-hybridized carbons (Fsp3) is 0.615. The lowest BCUT2D eigenvalue weighted by Crippen LogP contribution is -2.25. The average molecular weight is 191 g/mol. The minimum Gasteiger partial charge on any atom is -0.264 e. The Bertz CT molecular complexity index is 266. The van der Waals surface area contributed by atoms with Crippen molar-refractivity contribution in [3.05, 3.63) is 30.1 Å². The maximum absolute atomic E-state index is 4.16. The SMILES string of the molecule is CCC(C)(Cc1cccnc1)C(C)C. The molecule has 1 unspecified atom stereocenters. The maximum atomic E-state index is 4.16. The van der Waals surface area contributed by atoms with Crippen LogP contribution in [0.5, 0.6) is 0 Å². The Morgan fingerprint density at radius 2 is 2.14 bits per heavy atom. The highest BCUT2D eigenvalue weighted by Gasteiger charge is 2.26. The molecule has 0 spiro atoms. The zero-order chi connectivity index (χ0) is 10.6. The molecule has 14 heavy (non-hydrogen) atoms. The fourth-order valence-electron chi connectivity index (χ4n) is 1.71. The first-order valence-corrected chi connectivity index (χ1v) is 5.47. The molecule has 78 valence electrons. The molecular formula is C13H21N. The number of pyridine rings is 1. The second kappa shape index (κ2) is 4.59. The highest BCUT2D eigenvalue weighted by molar-refractivity contribution is 5.11. The highest BCUT2D eigenvalue weighted by atomic mass is 14.6. The summed E-state index contributed by atoms with van der Waals surface area (Å²) in [4.78, 5) is 4.16. The number of hydrogen-bond donors (Lipinski definition) is 0. The molecule has 0 bridgehead atoms. The van der Waals surface area contributed by atoms with E-state index in [2.05, 4.69) is 38.7 Å². The van der Waals surface area contributed by atoms with E-state index < -0.39 is 0 Å². The molecule has 0 aromatic carbocycles. The van der Waals surface area contributed by atoms with Crippen LogP contribution in [0.2, 0.25) is 0 Å². The van der Waals surface area contributed by atoms with Gasteiger partial charge in [-0.05, 0) is 29.4 Å². The normalized spacial score (nSPS) is 15.5. The molecule has 0 radical (unpaired) electrons. The van der Waals surface area contributed by atoms with Crippen LogP contribution < -0.4 is 0 Å². The van der Waals surface area contributed by atoms with Crippen LogP contribution in [0.15, 0.2) is 24.5 Å². The van der Waals surface area contributed by atoms with Gasteiger partial charge in [-0.1, -0.05) is 40.2 Å². The van der Waals surface area contributed by atoms with Crippen molar-refractivity contribution in [1.82, 2.24) is 4.98 Å². The van der Waals surface area contributed by atoms with E-state index in [1.807, 2.05) is 18.5 Å². The Kier molecular flexibility index (Phi) is 3.68. The van der Waals surface area contributed by atoms with Crippen LogP contribution in [0.1, 0.15) is 39.7 Å². The van der Waals surface area contributed by atoms with Crippen molar-refractivity contribution in [3.8, 4) is 0 Å². The standard InChI is InChI=1S/C13H21N/c1-5-13(4,11(2)3)9-12-7-6-8-14-10-12/h6-8,10-11H,5,9H2,1-4H3. The van der Waals surface area contributed by atoms with Crippen molar-refractivity contribution in [2.45, 2.75) is 40.5 Å². The van der Waals surface area contributed by atoms with Crippen molar-refractivity contribution in [2.75, 3.05) is 0 Å². The Morgan fingerprint density at radius 3 is 2.57 bits per heavy atom. The lowest BCUT2D eigenvalue weighted by atomic mass is 9.73. The molecule has 0 fully saturated rings. The van der Waals surface area contributed by atoms with Crippen molar-refractivity contribution in [1.29, 1.82) is 0 Å². The van der Waals surface area contributed by atoms with Crippen molar-refractivity contribution in [2.24, 2.45) is 11.3 Å². The van der Waals surface area contributed by atoms with Gasteiger partial charge in [-0.3, -0.25) is 4.98 Å². The molecule has 0 aliphatic heterocycles. The van der Waals surface area contributed by atoms with Gasteiger partial charge in [-0.25, -0.2) is 0 Å². The molecule has 0 aliphatic carbocycles. The smallest absolute Gasteiger partial charge is 0.0300 e. The second-order valence-electron chi connectivity index (χ2n) is 4.70. The summed E-state index contributed by atoms with van der Waals surface area (Å²) < 4.78 is 0. The van der Waals surface area contributed by atoms with E-state index >= 15 is 0 Å². The van der Waals surface area contributed by atoms with E-state index in [-0.39, 0.29) is 0 Å². The largest absolute Gasteiger partial charge is 0.264 e. The van der Waals surface area contributed by atoms with Crippen LogP contribution in [-0.4, -0.2) is 4.98 Å². The van der Waals surface area contributed by atoms with E-state index in [0.29, 0.717) is 11.3 Å². The van der Waals surface area contributed by atoms with Crippen LogP contribution in [0.4, 0.5) is 0 Å². The van der Waals surface area contributed by atoms with Gasteiger partial charge >= 0.3 is 0 Å². The van der Waals surface area contributed by atoms with Crippen molar-refractivity contribution < 1.29 is 0 Å². The molecule has 1 nitrogen and oxygen atoms in total. The molecule has 1 heteroatoms. The quantitative estimate of drug-likeness (QED) is 0.707. The molecule has 1 rings (SSSR count). The number of aromatic nitrogens is 1. The van der Waals surface area contributed by atoms with Gasteiger partial charge in [0.1, 0.15) is 0 Å². The van der Waals surface area contributed by atoms with Gasteiger partial charge in [-0.15, -0.1) is 0 Å². The molecular weight excluding hydrogens is 170 g/mol. The molecule has 1 aromatic heterocycles. The first kappa shape index (κ1) is 11.2. The zero-order valence-corrected chi connectivity index (χ0v) is 9.75. The summed E-state index contributed by atoms with van der Waals surface area (Å²) in [6.07, 6.45) is 6.17.